The van der Waals surface area contributed by atoms with Crippen molar-refractivity contribution in [3.63, 3.8) is 0 Å². The van der Waals surface area contributed by atoms with Crippen LogP contribution >= 0.6 is 0 Å². The number of pyridine rings is 1. The summed E-state index contributed by atoms with van der Waals surface area (Å²) < 4.78 is 7.51. The van der Waals surface area contributed by atoms with Gasteiger partial charge in [-0.15, -0.1) is 0 Å². The van der Waals surface area contributed by atoms with Gasteiger partial charge in [0.25, 0.3) is 11.5 Å². The first-order valence-corrected chi connectivity index (χ1v) is 10.2. The fourth-order valence-electron chi connectivity index (χ4n) is 3.99. The molecule has 4 N–H and O–H groups in total. The van der Waals surface area contributed by atoms with E-state index in [0.29, 0.717) is 29.4 Å². The van der Waals surface area contributed by atoms with Crippen LogP contribution in [0.1, 0.15) is 21.6 Å². The summed E-state index contributed by atoms with van der Waals surface area (Å²) in [6.07, 6.45) is 2.92. The molecule has 33 heavy (non-hydrogen) atoms. The minimum Gasteiger partial charge on any atom is -0.441 e. The number of hydrogen-bond acceptors (Lipinski definition) is 5. The molecule has 9 heteroatoms. The van der Waals surface area contributed by atoms with Crippen LogP contribution in [0.25, 0.3) is 21.8 Å². The third-order valence-corrected chi connectivity index (χ3v) is 5.55. The zero-order chi connectivity index (χ0) is 22.9. The van der Waals surface area contributed by atoms with E-state index in [0.717, 1.165) is 27.4 Å². The van der Waals surface area contributed by atoms with E-state index in [1.807, 2.05) is 18.2 Å². The number of aromatic amines is 2. The number of nitrogens with zero attached hydrogens (tertiary/aromatic N) is 2. The third kappa shape index (κ3) is 3.65. The number of benzene rings is 2. The summed E-state index contributed by atoms with van der Waals surface area (Å²) in [5.74, 6) is 0.525. The van der Waals surface area contributed by atoms with Crippen molar-refractivity contribution in [3.05, 3.63) is 88.0 Å². The summed E-state index contributed by atoms with van der Waals surface area (Å²) >= 11 is 0. The number of carbonyl (C=O) groups is 1. The number of carbonyl (C=O) groups excluding carboxylic acids is 1. The van der Waals surface area contributed by atoms with Crippen LogP contribution in [0.5, 0.6) is 11.6 Å². The molecule has 5 rings (SSSR count). The number of ether oxygens (including phenoxy) is 1. The molecule has 0 aliphatic carbocycles. The molecule has 0 aliphatic heterocycles. The van der Waals surface area contributed by atoms with Gasteiger partial charge in [0.1, 0.15) is 11.4 Å². The predicted octanol–water partition coefficient (Wildman–Crippen LogP) is 3.46. The van der Waals surface area contributed by atoms with Crippen molar-refractivity contribution in [1.29, 1.82) is 5.41 Å². The van der Waals surface area contributed by atoms with Gasteiger partial charge in [0, 0.05) is 48.3 Å². The van der Waals surface area contributed by atoms with Crippen LogP contribution in [0, 0.1) is 5.41 Å². The maximum atomic E-state index is 13.1. The molecule has 1 amide bonds. The molecule has 164 valence electrons. The second-order valence-corrected chi connectivity index (χ2v) is 7.56. The number of H-pyrrole nitrogens is 2. The molecule has 0 fully saturated rings. The molecule has 0 radical (unpaired) electrons. The molecular weight excluding hydrogens is 420 g/mol. The molecule has 0 bridgehead atoms. The monoisotopic (exact) mass is 440 g/mol. The van der Waals surface area contributed by atoms with Crippen molar-refractivity contribution in [3.8, 4) is 11.6 Å². The highest BCUT2D eigenvalue weighted by atomic mass is 16.5. The summed E-state index contributed by atoms with van der Waals surface area (Å²) in [5, 5.41) is 19.5. The van der Waals surface area contributed by atoms with Crippen molar-refractivity contribution in [2.75, 3.05) is 0 Å². The summed E-state index contributed by atoms with van der Waals surface area (Å²) in [6, 6.07) is 15.7. The Morgan fingerprint density at radius 1 is 1.18 bits per heavy atom. The zero-order valence-corrected chi connectivity index (χ0v) is 17.7. The Balaban J connectivity index is 1.46. The lowest BCUT2D eigenvalue weighted by Gasteiger charge is -2.09. The fraction of sp³-hybridized carbons (Fsp3) is 0.0833. The van der Waals surface area contributed by atoms with Crippen molar-refractivity contribution < 1.29 is 9.53 Å². The van der Waals surface area contributed by atoms with E-state index in [1.165, 1.54) is 12.3 Å². The molecule has 0 saturated heterocycles. The molecule has 3 heterocycles. The molecule has 0 atom stereocenters. The van der Waals surface area contributed by atoms with E-state index in [4.69, 9.17) is 10.1 Å². The van der Waals surface area contributed by atoms with Crippen LogP contribution in [0.3, 0.4) is 0 Å². The lowest BCUT2D eigenvalue weighted by Crippen LogP contribution is -2.26. The van der Waals surface area contributed by atoms with Crippen molar-refractivity contribution >= 4 is 33.9 Å². The number of nitrogens with one attached hydrogen (secondary N) is 4. The van der Waals surface area contributed by atoms with Crippen LogP contribution in [-0.4, -0.2) is 31.9 Å². The highest BCUT2D eigenvalue weighted by Crippen LogP contribution is 2.29. The second-order valence-electron chi connectivity index (χ2n) is 7.56. The van der Waals surface area contributed by atoms with Crippen LogP contribution in [0.15, 0.2) is 65.6 Å². The summed E-state index contributed by atoms with van der Waals surface area (Å²) in [6.45, 7) is 0.324. The van der Waals surface area contributed by atoms with E-state index in [9.17, 15) is 9.59 Å². The Morgan fingerprint density at radius 3 is 2.85 bits per heavy atom. The number of rotatable bonds is 6. The lowest BCUT2D eigenvalue weighted by atomic mass is 10.1. The smallest absolute Gasteiger partial charge is 0.268 e. The van der Waals surface area contributed by atoms with Gasteiger partial charge >= 0.3 is 0 Å². The van der Waals surface area contributed by atoms with Gasteiger partial charge in [0.2, 0.25) is 0 Å². The zero-order valence-electron chi connectivity index (χ0n) is 17.7. The Labute approximate surface area is 187 Å². The molecule has 0 unspecified atom stereocenters. The average molecular weight is 440 g/mol. The van der Waals surface area contributed by atoms with Crippen LogP contribution in [0.2, 0.25) is 0 Å². The fourth-order valence-corrected chi connectivity index (χ4v) is 3.99. The Morgan fingerprint density at radius 2 is 2.03 bits per heavy atom. The summed E-state index contributed by atoms with van der Waals surface area (Å²) in [4.78, 5) is 27.3. The van der Waals surface area contributed by atoms with Gasteiger partial charge in [0.05, 0.1) is 17.2 Å². The first kappa shape index (κ1) is 20.3. The maximum absolute atomic E-state index is 13.1. The van der Waals surface area contributed by atoms with E-state index >= 15 is 0 Å². The van der Waals surface area contributed by atoms with Crippen LogP contribution < -0.4 is 15.6 Å². The number of fused-ring (bicyclic) bond motifs is 2. The number of hydrogen-bond donors (Lipinski definition) is 4. The first-order valence-electron chi connectivity index (χ1n) is 10.2. The lowest BCUT2D eigenvalue weighted by molar-refractivity contribution is 0.0943. The summed E-state index contributed by atoms with van der Waals surface area (Å²) in [5.41, 5.74) is 3.21. The molecule has 0 aliphatic rings. The number of aromatic nitrogens is 4. The van der Waals surface area contributed by atoms with Gasteiger partial charge in [0.15, 0.2) is 5.88 Å². The van der Waals surface area contributed by atoms with E-state index in [-0.39, 0.29) is 11.5 Å². The minimum absolute atomic E-state index is 0.261. The molecule has 9 nitrogen and oxygen atoms in total. The number of amides is 1. The van der Waals surface area contributed by atoms with Gasteiger partial charge < -0.3 is 20.0 Å². The van der Waals surface area contributed by atoms with Crippen molar-refractivity contribution in [2.24, 2.45) is 7.05 Å². The molecule has 5 aromatic rings. The molecule has 0 spiro atoms. The average Bonchev–Trinajstić information content (AvgIpc) is 3.40. The maximum Gasteiger partial charge on any atom is 0.268 e. The van der Waals surface area contributed by atoms with Gasteiger partial charge in [-0.2, -0.15) is 5.10 Å². The highest BCUT2D eigenvalue weighted by Gasteiger charge is 2.20. The second kappa shape index (κ2) is 8.12. The first-order chi connectivity index (χ1) is 16.0. The largest absolute Gasteiger partial charge is 0.441 e. The highest BCUT2D eigenvalue weighted by molar-refractivity contribution is 6.11. The standard InChI is InChI=1S/C24H20N6O3/c1-30-20-10-15(33-22-7-3-6-21(31)28-22)8-9-16(20)17(11-25)23(30)24(32)26-12-14-4-2-5-19-18(14)13-27-29-19/h2-11,13,25H,12H2,1H3,(H,26,32)(H,27,29)(H,28,31). The Kier molecular flexibility index (Phi) is 4.98. The number of aryl methyl sites for hydroxylation is 1. The molecular formula is C24H20N6O3. The van der Waals surface area contributed by atoms with E-state index in [2.05, 4.69) is 20.5 Å². The van der Waals surface area contributed by atoms with Gasteiger partial charge in [-0.05, 0) is 29.8 Å². The van der Waals surface area contributed by atoms with Crippen LogP contribution in [0.4, 0.5) is 0 Å². The predicted molar refractivity (Wildman–Crippen MR) is 125 cm³/mol. The summed E-state index contributed by atoms with van der Waals surface area (Å²) in [7, 11) is 1.77. The Bertz CT molecular complexity index is 1580. The van der Waals surface area contributed by atoms with Gasteiger partial charge in [-0.1, -0.05) is 18.2 Å². The molecule has 0 saturated carbocycles. The van der Waals surface area contributed by atoms with Gasteiger partial charge in [-0.3, -0.25) is 19.7 Å². The van der Waals surface area contributed by atoms with Crippen LogP contribution in [-0.2, 0) is 13.6 Å². The normalized spacial score (nSPS) is 11.1. The molecule has 2 aromatic carbocycles. The quantitative estimate of drug-likeness (QED) is 0.301. The van der Waals surface area contributed by atoms with E-state index < -0.39 is 0 Å². The Hall–Kier alpha value is -4.66. The van der Waals surface area contributed by atoms with Gasteiger partial charge in [-0.25, -0.2) is 0 Å². The van der Waals surface area contributed by atoms with Crippen molar-refractivity contribution in [2.45, 2.75) is 6.54 Å². The SMILES string of the molecule is Cn1c(C(=O)NCc2cccc3[nH]ncc23)c(C=N)c2ccc(Oc3cccc(=O)[nH]3)cc21. The molecule has 3 aromatic heterocycles. The van der Waals surface area contributed by atoms with Crippen molar-refractivity contribution in [1.82, 2.24) is 25.1 Å². The third-order valence-electron chi connectivity index (χ3n) is 5.55. The van der Waals surface area contributed by atoms with E-state index in [1.54, 1.807) is 48.1 Å². The minimum atomic E-state index is -0.289. The topological polar surface area (TPSA) is 129 Å².